The Morgan fingerprint density at radius 3 is 2.93 bits per heavy atom. The Balaban J connectivity index is 1.67. The minimum absolute atomic E-state index is 0.0429. The maximum absolute atomic E-state index is 5.86. The van der Waals surface area contributed by atoms with Gasteiger partial charge in [0.05, 0.1) is 44.4 Å². The highest BCUT2D eigenvalue weighted by molar-refractivity contribution is 7.09. The Labute approximate surface area is 180 Å². The van der Waals surface area contributed by atoms with Crippen LogP contribution in [0.3, 0.4) is 0 Å². The van der Waals surface area contributed by atoms with Gasteiger partial charge in [0.1, 0.15) is 11.6 Å². The normalized spacial score (nSPS) is 16.8. The molecule has 8 nitrogen and oxygen atoms in total. The summed E-state index contributed by atoms with van der Waals surface area (Å²) in [7, 11) is 3.36. The fourth-order valence-electron chi connectivity index (χ4n) is 3.86. The van der Waals surface area contributed by atoms with Crippen molar-refractivity contribution in [2.24, 2.45) is 0 Å². The van der Waals surface area contributed by atoms with E-state index >= 15 is 0 Å². The van der Waals surface area contributed by atoms with Crippen molar-refractivity contribution in [2.75, 3.05) is 45.5 Å². The summed E-state index contributed by atoms with van der Waals surface area (Å²) in [6.07, 6.45) is 0.716. The standard InChI is InChI=1S/C21H27N5O3S/c1-14-20(15(2)26(23-14)16-6-5-7-17(12-16)28-4)18-13-29-11-9-25(18)21-22-19(24-30-21)8-10-27-3/h5-7,12,18H,8-11,13H2,1-4H3. The van der Waals surface area contributed by atoms with Gasteiger partial charge in [0.15, 0.2) is 0 Å². The third-order valence-electron chi connectivity index (χ3n) is 5.34. The molecule has 1 aliphatic heterocycles. The van der Waals surface area contributed by atoms with Crippen LogP contribution in [0.15, 0.2) is 24.3 Å². The van der Waals surface area contributed by atoms with Crippen molar-refractivity contribution in [1.82, 2.24) is 19.1 Å². The molecule has 3 heterocycles. The Morgan fingerprint density at radius 2 is 2.13 bits per heavy atom. The van der Waals surface area contributed by atoms with Gasteiger partial charge in [-0.3, -0.25) is 0 Å². The van der Waals surface area contributed by atoms with Crippen LogP contribution in [0.5, 0.6) is 5.75 Å². The number of benzene rings is 1. The number of morpholine rings is 1. The Hall–Kier alpha value is -2.49. The molecule has 0 saturated carbocycles. The predicted octanol–water partition coefficient (Wildman–Crippen LogP) is 3.12. The summed E-state index contributed by atoms with van der Waals surface area (Å²) in [5.74, 6) is 1.63. The molecule has 2 aromatic heterocycles. The molecule has 1 unspecified atom stereocenters. The minimum atomic E-state index is 0.0429. The number of nitrogens with zero attached hydrogens (tertiary/aromatic N) is 5. The first kappa shape index (κ1) is 20.8. The van der Waals surface area contributed by atoms with Crippen molar-refractivity contribution in [3.05, 3.63) is 47.0 Å². The largest absolute Gasteiger partial charge is 0.497 e. The summed E-state index contributed by atoms with van der Waals surface area (Å²) in [5, 5.41) is 5.75. The van der Waals surface area contributed by atoms with Crippen molar-refractivity contribution < 1.29 is 14.2 Å². The average Bonchev–Trinajstić information content (AvgIpc) is 3.36. The first-order valence-electron chi connectivity index (χ1n) is 9.98. The van der Waals surface area contributed by atoms with Crippen LogP contribution in [0, 0.1) is 13.8 Å². The maximum Gasteiger partial charge on any atom is 0.205 e. The van der Waals surface area contributed by atoms with Crippen LogP contribution in [0.25, 0.3) is 5.69 Å². The molecule has 0 aliphatic carbocycles. The summed E-state index contributed by atoms with van der Waals surface area (Å²) in [5.41, 5.74) is 4.22. The number of rotatable bonds is 7. The van der Waals surface area contributed by atoms with Gasteiger partial charge in [0.25, 0.3) is 0 Å². The summed E-state index contributed by atoms with van der Waals surface area (Å²) < 4.78 is 22.9. The molecule has 3 aromatic rings. The summed E-state index contributed by atoms with van der Waals surface area (Å²) in [6, 6.07) is 7.98. The number of aromatic nitrogens is 4. The number of hydrogen-bond donors (Lipinski definition) is 0. The molecule has 160 valence electrons. The van der Waals surface area contributed by atoms with Gasteiger partial charge in [-0.1, -0.05) is 6.07 Å². The predicted molar refractivity (Wildman–Crippen MR) is 116 cm³/mol. The number of aryl methyl sites for hydroxylation is 1. The van der Waals surface area contributed by atoms with E-state index in [1.807, 2.05) is 28.9 Å². The quantitative estimate of drug-likeness (QED) is 0.571. The van der Waals surface area contributed by atoms with Gasteiger partial charge < -0.3 is 19.1 Å². The topological polar surface area (TPSA) is 74.5 Å². The van der Waals surface area contributed by atoms with Crippen molar-refractivity contribution >= 4 is 16.7 Å². The van der Waals surface area contributed by atoms with E-state index in [0.29, 0.717) is 26.2 Å². The SMILES string of the molecule is COCCc1nsc(N2CCOCC2c2c(C)nn(-c3cccc(OC)c3)c2C)n1. The zero-order chi connectivity index (χ0) is 21.1. The van der Waals surface area contributed by atoms with Crippen LogP contribution in [-0.4, -0.2) is 59.7 Å². The molecule has 1 fully saturated rings. The van der Waals surface area contributed by atoms with E-state index in [-0.39, 0.29) is 6.04 Å². The Morgan fingerprint density at radius 1 is 1.27 bits per heavy atom. The molecule has 0 N–H and O–H groups in total. The highest BCUT2D eigenvalue weighted by atomic mass is 32.1. The van der Waals surface area contributed by atoms with Crippen LogP contribution < -0.4 is 9.64 Å². The minimum Gasteiger partial charge on any atom is -0.497 e. The van der Waals surface area contributed by atoms with Gasteiger partial charge in [-0.2, -0.15) is 9.47 Å². The van der Waals surface area contributed by atoms with Gasteiger partial charge in [0.2, 0.25) is 5.13 Å². The number of methoxy groups -OCH3 is 2. The van der Waals surface area contributed by atoms with Crippen molar-refractivity contribution in [2.45, 2.75) is 26.3 Å². The molecule has 1 aliphatic rings. The van der Waals surface area contributed by atoms with E-state index in [4.69, 9.17) is 24.3 Å². The van der Waals surface area contributed by atoms with Gasteiger partial charge in [-0.05, 0) is 26.0 Å². The van der Waals surface area contributed by atoms with Crippen LogP contribution in [-0.2, 0) is 15.9 Å². The molecule has 0 radical (unpaired) electrons. The monoisotopic (exact) mass is 429 g/mol. The molecule has 0 bridgehead atoms. The molecule has 0 amide bonds. The van der Waals surface area contributed by atoms with Crippen molar-refractivity contribution in [1.29, 1.82) is 0 Å². The fourth-order valence-corrected chi connectivity index (χ4v) is 4.65. The lowest BCUT2D eigenvalue weighted by molar-refractivity contribution is 0.0937. The number of anilines is 1. The van der Waals surface area contributed by atoms with E-state index in [9.17, 15) is 0 Å². The Kier molecular flexibility index (Phi) is 6.31. The van der Waals surface area contributed by atoms with Gasteiger partial charge in [0, 0.05) is 48.9 Å². The molecular weight excluding hydrogens is 402 g/mol. The molecule has 9 heteroatoms. The van der Waals surface area contributed by atoms with E-state index in [0.717, 1.165) is 40.3 Å². The van der Waals surface area contributed by atoms with Crippen LogP contribution in [0.1, 0.15) is 28.8 Å². The lowest BCUT2D eigenvalue weighted by atomic mass is 10.0. The second-order valence-electron chi connectivity index (χ2n) is 7.22. The van der Waals surface area contributed by atoms with Gasteiger partial charge >= 0.3 is 0 Å². The van der Waals surface area contributed by atoms with Crippen LogP contribution in [0.2, 0.25) is 0 Å². The van der Waals surface area contributed by atoms with Crippen LogP contribution >= 0.6 is 11.5 Å². The lowest BCUT2D eigenvalue weighted by Crippen LogP contribution is -2.40. The summed E-state index contributed by atoms with van der Waals surface area (Å²) in [6.45, 7) is 6.81. The Bertz CT molecular complexity index is 1000. The second kappa shape index (κ2) is 9.11. The summed E-state index contributed by atoms with van der Waals surface area (Å²) in [4.78, 5) is 7.04. The molecular formula is C21H27N5O3S. The van der Waals surface area contributed by atoms with E-state index in [1.54, 1.807) is 14.2 Å². The molecule has 4 rings (SSSR count). The zero-order valence-corrected chi connectivity index (χ0v) is 18.6. The number of ether oxygens (including phenoxy) is 3. The highest BCUT2D eigenvalue weighted by Crippen LogP contribution is 2.35. The maximum atomic E-state index is 5.86. The van der Waals surface area contributed by atoms with Crippen molar-refractivity contribution in [3.63, 3.8) is 0 Å². The lowest BCUT2D eigenvalue weighted by Gasteiger charge is -2.35. The molecule has 1 aromatic carbocycles. The van der Waals surface area contributed by atoms with Crippen LogP contribution in [0.4, 0.5) is 5.13 Å². The first-order chi connectivity index (χ1) is 14.6. The van der Waals surface area contributed by atoms with E-state index in [2.05, 4.69) is 23.1 Å². The smallest absolute Gasteiger partial charge is 0.205 e. The highest BCUT2D eigenvalue weighted by Gasteiger charge is 2.32. The second-order valence-corrected chi connectivity index (χ2v) is 7.95. The van der Waals surface area contributed by atoms with Crippen molar-refractivity contribution in [3.8, 4) is 11.4 Å². The molecule has 0 spiro atoms. The average molecular weight is 430 g/mol. The third-order valence-corrected chi connectivity index (χ3v) is 6.13. The molecule has 30 heavy (non-hydrogen) atoms. The first-order valence-corrected chi connectivity index (χ1v) is 10.8. The van der Waals surface area contributed by atoms with Gasteiger partial charge in [-0.25, -0.2) is 9.67 Å². The van der Waals surface area contributed by atoms with E-state index in [1.165, 1.54) is 17.1 Å². The van der Waals surface area contributed by atoms with Gasteiger partial charge in [-0.15, -0.1) is 0 Å². The summed E-state index contributed by atoms with van der Waals surface area (Å²) >= 11 is 1.43. The zero-order valence-electron chi connectivity index (χ0n) is 17.8. The molecule has 1 saturated heterocycles. The number of hydrogen-bond acceptors (Lipinski definition) is 8. The molecule has 1 atom stereocenters. The fraction of sp³-hybridized carbons (Fsp3) is 0.476. The third kappa shape index (κ3) is 4.05. The van der Waals surface area contributed by atoms with E-state index < -0.39 is 0 Å².